The van der Waals surface area contributed by atoms with Crippen molar-refractivity contribution in [3.8, 4) is 0 Å². The van der Waals surface area contributed by atoms with E-state index in [-0.39, 0.29) is 6.04 Å². The molecule has 0 rings (SSSR count). The lowest BCUT2D eigenvalue weighted by Gasteiger charge is -1.99. The highest BCUT2D eigenvalue weighted by molar-refractivity contribution is 8.26. The Hall–Kier alpha value is 1.10. The first-order chi connectivity index (χ1) is 3.42. The molecule has 0 aromatic carbocycles. The van der Waals surface area contributed by atoms with Gasteiger partial charge in [-0.3, -0.25) is 4.74 Å². The van der Waals surface area contributed by atoms with Crippen LogP contribution in [0.1, 0.15) is 13.8 Å². The van der Waals surface area contributed by atoms with Crippen molar-refractivity contribution >= 4 is 38.8 Å². The molecule has 1 nitrogen and oxygen atoms in total. The number of halogens is 3. The van der Waals surface area contributed by atoms with Crippen LogP contribution < -0.4 is 0 Å². The zero-order valence-corrected chi connectivity index (χ0v) is 7.77. The molecular formula is C3H7Cl3NP. The van der Waals surface area contributed by atoms with Crippen LogP contribution >= 0.6 is 38.8 Å². The van der Waals surface area contributed by atoms with Crippen molar-refractivity contribution in [2.75, 3.05) is 0 Å². The Morgan fingerprint density at radius 2 is 1.62 bits per heavy atom. The fraction of sp³-hybridized carbons (Fsp3) is 1.00. The van der Waals surface area contributed by atoms with Crippen LogP contribution in [0.2, 0.25) is 0 Å². The Labute approximate surface area is 63.7 Å². The molecule has 0 aromatic heterocycles. The summed E-state index contributed by atoms with van der Waals surface area (Å²) in [4.78, 5) is 0. The van der Waals surface area contributed by atoms with E-state index in [1.165, 1.54) is 0 Å². The SMILES string of the molecule is CC(C)N=P(Cl)(Cl)Cl. The number of nitrogens with zero attached hydrogens (tertiary/aromatic N) is 1. The summed E-state index contributed by atoms with van der Waals surface area (Å²) in [6.45, 7) is 3.75. The van der Waals surface area contributed by atoms with Gasteiger partial charge in [0, 0.05) is 6.04 Å². The summed E-state index contributed by atoms with van der Waals surface area (Å²) in [7, 11) is 0. The van der Waals surface area contributed by atoms with Crippen molar-refractivity contribution < 1.29 is 0 Å². The molecule has 0 N–H and O–H groups in total. The summed E-state index contributed by atoms with van der Waals surface area (Å²) in [6, 6.07) is 0.121. The summed E-state index contributed by atoms with van der Waals surface area (Å²) in [5.41, 5.74) is 0. The fourth-order valence-corrected chi connectivity index (χ4v) is 2.36. The summed E-state index contributed by atoms with van der Waals surface area (Å²) in [6.07, 6.45) is 0. The van der Waals surface area contributed by atoms with Gasteiger partial charge < -0.3 is 0 Å². The van der Waals surface area contributed by atoms with Gasteiger partial charge in [0.2, 0.25) is 5.11 Å². The first-order valence-electron chi connectivity index (χ1n) is 2.12. The van der Waals surface area contributed by atoms with E-state index in [2.05, 4.69) is 4.74 Å². The molecular weight excluding hydrogens is 187 g/mol. The van der Waals surface area contributed by atoms with Crippen LogP contribution in [0.25, 0.3) is 0 Å². The standard InChI is InChI=1S/C3H7Cl3NP/c1-3(2)7-8(4,5)6/h3H,1-2H3. The monoisotopic (exact) mass is 193 g/mol. The maximum atomic E-state index is 5.40. The minimum atomic E-state index is -2.43. The van der Waals surface area contributed by atoms with Crippen LogP contribution in [0.5, 0.6) is 0 Å². The van der Waals surface area contributed by atoms with E-state index in [1.807, 2.05) is 13.8 Å². The average Bonchev–Trinajstić information content (AvgIpc) is 1.21. The lowest BCUT2D eigenvalue weighted by Crippen LogP contribution is -1.82. The summed E-state index contributed by atoms with van der Waals surface area (Å²) in [5.74, 6) is 0. The first kappa shape index (κ1) is 9.10. The van der Waals surface area contributed by atoms with E-state index >= 15 is 0 Å². The van der Waals surface area contributed by atoms with Gasteiger partial charge in [0.1, 0.15) is 0 Å². The molecule has 0 spiro atoms. The van der Waals surface area contributed by atoms with Gasteiger partial charge in [-0.15, -0.1) is 0 Å². The quantitative estimate of drug-likeness (QED) is 0.558. The lowest BCUT2D eigenvalue weighted by molar-refractivity contribution is 0.850. The van der Waals surface area contributed by atoms with E-state index in [4.69, 9.17) is 33.7 Å². The van der Waals surface area contributed by atoms with Crippen LogP contribution in [-0.2, 0) is 0 Å². The number of hydrogen-bond acceptors (Lipinski definition) is 1. The molecule has 0 aliphatic rings. The molecule has 0 aliphatic carbocycles. The normalized spacial score (nSPS) is 12.2. The molecule has 0 radical (unpaired) electrons. The van der Waals surface area contributed by atoms with Gasteiger partial charge in [-0.05, 0) is 47.6 Å². The molecule has 5 heteroatoms. The Balaban J connectivity index is 3.95. The second kappa shape index (κ2) is 3.31. The molecule has 0 bridgehead atoms. The van der Waals surface area contributed by atoms with Crippen molar-refractivity contribution in [3.05, 3.63) is 0 Å². The zero-order chi connectivity index (χ0) is 6.78. The van der Waals surface area contributed by atoms with E-state index < -0.39 is 5.11 Å². The predicted molar refractivity (Wildman–Crippen MR) is 42.0 cm³/mol. The van der Waals surface area contributed by atoms with Crippen molar-refractivity contribution in [3.63, 3.8) is 0 Å². The van der Waals surface area contributed by atoms with Gasteiger partial charge in [-0.1, -0.05) is 0 Å². The van der Waals surface area contributed by atoms with Gasteiger partial charge in [-0.25, -0.2) is 0 Å². The molecule has 0 aliphatic heterocycles. The zero-order valence-electron chi connectivity index (χ0n) is 4.61. The molecule has 50 valence electrons. The Morgan fingerprint density at radius 1 is 1.25 bits per heavy atom. The highest BCUT2D eigenvalue weighted by Gasteiger charge is 2.04. The Kier molecular flexibility index (Phi) is 3.77. The average molecular weight is 194 g/mol. The fourth-order valence-electron chi connectivity index (χ4n) is 0.262. The molecule has 0 atom stereocenters. The minimum Gasteiger partial charge on any atom is -0.258 e. The topological polar surface area (TPSA) is 12.4 Å². The van der Waals surface area contributed by atoms with Crippen LogP contribution in [-0.4, -0.2) is 6.04 Å². The number of hydrogen-bond donors (Lipinski definition) is 0. The molecule has 0 aromatic rings. The maximum Gasteiger partial charge on any atom is 0.224 e. The van der Waals surface area contributed by atoms with Gasteiger partial charge >= 0.3 is 0 Å². The van der Waals surface area contributed by atoms with E-state index in [1.54, 1.807) is 0 Å². The van der Waals surface area contributed by atoms with Crippen molar-refractivity contribution in [1.29, 1.82) is 0 Å². The highest BCUT2D eigenvalue weighted by Crippen LogP contribution is 2.65. The first-order valence-corrected chi connectivity index (χ1v) is 6.58. The van der Waals surface area contributed by atoms with Crippen LogP contribution in [0, 0.1) is 0 Å². The second-order valence-electron chi connectivity index (χ2n) is 1.63. The summed E-state index contributed by atoms with van der Waals surface area (Å²) < 4.78 is 3.82. The van der Waals surface area contributed by atoms with E-state index in [9.17, 15) is 0 Å². The predicted octanol–water partition coefficient (Wildman–Crippen LogP) is 4.06. The molecule has 0 heterocycles. The van der Waals surface area contributed by atoms with E-state index in [0.29, 0.717) is 0 Å². The van der Waals surface area contributed by atoms with Gasteiger partial charge in [0.05, 0.1) is 0 Å². The second-order valence-corrected chi connectivity index (χ2v) is 8.66. The van der Waals surface area contributed by atoms with Crippen LogP contribution in [0.4, 0.5) is 0 Å². The number of rotatable bonds is 1. The smallest absolute Gasteiger partial charge is 0.224 e. The third-order valence-electron chi connectivity index (χ3n) is 0.362. The lowest BCUT2D eigenvalue weighted by atomic mass is 10.4. The molecule has 0 fully saturated rings. The third kappa shape index (κ3) is 7.10. The van der Waals surface area contributed by atoms with Crippen LogP contribution in [0.15, 0.2) is 4.74 Å². The Morgan fingerprint density at radius 3 is 1.62 bits per heavy atom. The highest BCUT2D eigenvalue weighted by atomic mass is 36.0. The molecule has 0 saturated carbocycles. The van der Waals surface area contributed by atoms with Gasteiger partial charge in [0.15, 0.2) is 0 Å². The largest absolute Gasteiger partial charge is 0.258 e. The van der Waals surface area contributed by atoms with Crippen molar-refractivity contribution in [2.24, 2.45) is 4.74 Å². The minimum absolute atomic E-state index is 0.121. The third-order valence-corrected chi connectivity index (χ3v) is 1.87. The molecule has 0 amide bonds. The molecule has 0 unspecified atom stereocenters. The van der Waals surface area contributed by atoms with Crippen LogP contribution in [0.3, 0.4) is 0 Å². The summed E-state index contributed by atoms with van der Waals surface area (Å²) >= 11 is 16.2. The van der Waals surface area contributed by atoms with Gasteiger partial charge in [-0.2, -0.15) is 0 Å². The van der Waals surface area contributed by atoms with Gasteiger partial charge in [0.25, 0.3) is 0 Å². The van der Waals surface area contributed by atoms with Crippen molar-refractivity contribution in [1.82, 2.24) is 0 Å². The molecule has 8 heavy (non-hydrogen) atoms. The van der Waals surface area contributed by atoms with E-state index in [0.717, 1.165) is 0 Å². The molecule has 0 saturated heterocycles. The summed E-state index contributed by atoms with van der Waals surface area (Å²) in [5, 5.41) is -2.43. The maximum absolute atomic E-state index is 5.40. The Bertz CT molecular complexity index is 107. The van der Waals surface area contributed by atoms with Crippen molar-refractivity contribution in [2.45, 2.75) is 19.9 Å².